The maximum atomic E-state index is 5.17. The molecule has 0 amide bonds. The Hall–Kier alpha value is -7.37. The van der Waals surface area contributed by atoms with Gasteiger partial charge in [-0.1, -0.05) is 152 Å². The van der Waals surface area contributed by atoms with Gasteiger partial charge in [-0.3, -0.25) is 0 Å². The second-order valence-electron chi connectivity index (χ2n) is 13.6. The summed E-state index contributed by atoms with van der Waals surface area (Å²) in [5, 5.41) is 7.21. The summed E-state index contributed by atoms with van der Waals surface area (Å²) < 4.78 is 4.88. The second-order valence-corrected chi connectivity index (χ2v) is 13.6. The van der Waals surface area contributed by atoms with E-state index in [9.17, 15) is 0 Å². The van der Waals surface area contributed by atoms with Crippen molar-refractivity contribution in [3.05, 3.63) is 188 Å². The van der Waals surface area contributed by atoms with E-state index in [1.54, 1.807) is 0 Å². The van der Waals surface area contributed by atoms with Crippen molar-refractivity contribution in [1.82, 2.24) is 24.1 Å². The van der Waals surface area contributed by atoms with Crippen LogP contribution in [0.2, 0.25) is 0 Å². The number of para-hydroxylation sites is 4. The molecule has 0 aliphatic heterocycles. The van der Waals surface area contributed by atoms with Gasteiger partial charge in [0, 0.05) is 43.6 Å². The molecule has 0 saturated heterocycles. The number of hydrogen-bond donors (Lipinski definition) is 0. The minimum absolute atomic E-state index is 0.618. The molecule has 3 aromatic heterocycles. The van der Waals surface area contributed by atoms with Crippen molar-refractivity contribution in [3.8, 4) is 45.5 Å². The van der Waals surface area contributed by atoms with Crippen molar-refractivity contribution < 1.29 is 0 Å². The summed E-state index contributed by atoms with van der Waals surface area (Å²) in [4.78, 5) is 15.3. The Bertz CT molecular complexity index is 3100. The molecule has 5 heteroatoms. The van der Waals surface area contributed by atoms with E-state index < -0.39 is 0 Å². The summed E-state index contributed by atoms with van der Waals surface area (Å²) in [5.74, 6) is 1.89. The van der Waals surface area contributed by atoms with Crippen LogP contribution in [0.4, 0.5) is 0 Å². The van der Waals surface area contributed by atoms with Gasteiger partial charge >= 0.3 is 0 Å². The first-order valence-electron chi connectivity index (χ1n) is 18.2. The summed E-state index contributed by atoms with van der Waals surface area (Å²) in [7, 11) is 0. The predicted octanol–water partition coefficient (Wildman–Crippen LogP) is 12.2. The first kappa shape index (κ1) is 30.3. The molecule has 8 aromatic carbocycles. The standard InChI is InChI=1S/C49H31N5/c1-3-17-32(18-4-1)47-50-48(33-19-5-2-6-20-33)52-49(51-47)39-26-12-16-30-43(39)53-42-29-15-11-25-38(42)45-44(53)31-34-21-7-8-22-35(34)46(45)54-40-27-13-9-23-36(40)37-24-10-14-28-41(37)54/h1-31H. The van der Waals surface area contributed by atoms with Crippen molar-refractivity contribution in [3.63, 3.8) is 0 Å². The van der Waals surface area contributed by atoms with Crippen LogP contribution in [0.5, 0.6) is 0 Å². The predicted molar refractivity (Wildman–Crippen MR) is 222 cm³/mol. The largest absolute Gasteiger partial charge is 0.308 e. The normalized spacial score (nSPS) is 11.7. The van der Waals surface area contributed by atoms with E-state index in [1.165, 1.54) is 49.0 Å². The lowest BCUT2D eigenvalue weighted by atomic mass is 10.0. The molecule has 252 valence electrons. The Morgan fingerprint density at radius 2 is 0.796 bits per heavy atom. The lowest BCUT2D eigenvalue weighted by Crippen LogP contribution is -2.03. The molecule has 0 saturated carbocycles. The lowest BCUT2D eigenvalue weighted by molar-refractivity contribution is 1.06. The van der Waals surface area contributed by atoms with Crippen LogP contribution in [0.25, 0.3) is 99.9 Å². The van der Waals surface area contributed by atoms with E-state index >= 15 is 0 Å². The molecule has 0 aliphatic carbocycles. The van der Waals surface area contributed by atoms with Gasteiger partial charge in [-0.2, -0.15) is 0 Å². The number of rotatable bonds is 5. The average molecular weight is 690 g/mol. The monoisotopic (exact) mass is 689 g/mol. The lowest BCUT2D eigenvalue weighted by Gasteiger charge is -2.16. The highest BCUT2D eigenvalue weighted by Crippen LogP contribution is 2.44. The molecule has 0 bridgehead atoms. The summed E-state index contributed by atoms with van der Waals surface area (Å²) in [6.45, 7) is 0. The third-order valence-corrected chi connectivity index (χ3v) is 10.5. The van der Waals surface area contributed by atoms with Crippen LogP contribution in [0.1, 0.15) is 0 Å². The first-order chi connectivity index (χ1) is 26.8. The fraction of sp³-hybridized carbons (Fsp3) is 0. The van der Waals surface area contributed by atoms with Crippen LogP contribution < -0.4 is 0 Å². The average Bonchev–Trinajstić information content (AvgIpc) is 3.76. The smallest absolute Gasteiger partial charge is 0.166 e. The zero-order valence-electron chi connectivity index (χ0n) is 29.1. The number of aromatic nitrogens is 5. The molecule has 11 aromatic rings. The fourth-order valence-electron chi connectivity index (χ4n) is 8.21. The molecule has 5 nitrogen and oxygen atoms in total. The Balaban J connectivity index is 1.26. The van der Waals surface area contributed by atoms with E-state index in [4.69, 9.17) is 15.0 Å². The Morgan fingerprint density at radius 3 is 1.43 bits per heavy atom. The van der Waals surface area contributed by atoms with Gasteiger partial charge in [-0.05, 0) is 41.8 Å². The number of benzene rings is 8. The van der Waals surface area contributed by atoms with Gasteiger partial charge in [-0.15, -0.1) is 0 Å². The molecule has 0 aliphatic rings. The molecule has 3 heterocycles. The van der Waals surface area contributed by atoms with Crippen LogP contribution >= 0.6 is 0 Å². The van der Waals surface area contributed by atoms with Crippen LogP contribution in [0.15, 0.2) is 188 Å². The summed E-state index contributed by atoms with van der Waals surface area (Å²) in [6, 6.07) is 66.2. The quantitative estimate of drug-likeness (QED) is 0.181. The van der Waals surface area contributed by atoms with Gasteiger partial charge in [0.25, 0.3) is 0 Å². The van der Waals surface area contributed by atoms with Gasteiger partial charge in [0.15, 0.2) is 17.5 Å². The molecular weight excluding hydrogens is 659 g/mol. The highest BCUT2D eigenvalue weighted by molar-refractivity contribution is 6.22. The molecular formula is C49H31N5. The molecule has 0 unspecified atom stereocenters. The Morgan fingerprint density at radius 1 is 0.333 bits per heavy atom. The van der Waals surface area contributed by atoms with Crippen molar-refractivity contribution in [2.24, 2.45) is 0 Å². The third-order valence-electron chi connectivity index (χ3n) is 10.5. The van der Waals surface area contributed by atoms with Gasteiger partial charge in [0.2, 0.25) is 0 Å². The zero-order valence-corrected chi connectivity index (χ0v) is 29.1. The number of nitrogens with zero attached hydrogens (tertiary/aromatic N) is 5. The van der Waals surface area contributed by atoms with Gasteiger partial charge in [0.05, 0.1) is 33.4 Å². The van der Waals surface area contributed by atoms with E-state index in [1.807, 2.05) is 60.7 Å². The molecule has 0 atom stereocenters. The molecule has 0 fully saturated rings. The maximum absolute atomic E-state index is 5.17. The van der Waals surface area contributed by atoms with Crippen LogP contribution in [0.3, 0.4) is 0 Å². The van der Waals surface area contributed by atoms with E-state index in [0.29, 0.717) is 17.5 Å². The number of hydrogen-bond acceptors (Lipinski definition) is 3. The minimum Gasteiger partial charge on any atom is -0.308 e. The minimum atomic E-state index is 0.618. The first-order valence-corrected chi connectivity index (χ1v) is 18.2. The molecule has 11 rings (SSSR count). The number of fused-ring (bicyclic) bond motifs is 7. The molecule has 54 heavy (non-hydrogen) atoms. The molecule has 0 spiro atoms. The van der Waals surface area contributed by atoms with Gasteiger partial charge in [0.1, 0.15) is 0 Å². The Kier molecular flexibility index (Phi) is 6.79. The van der Waals surface area contributed by atoms with Crippen molar-refractivity contribution in [2.45, 2.75) is 0 Å². The van der Waals surface area contributed by atoms with Crippen LogP contribution in [0, 0.1) is 0 Å². The van der Waals surface area contributed by atoms with E-state index in [2.05, 4.69) is 137 Å². The van der Waals surface area contributed by atoms with Crippen molar-refractivity contribution in [1.29, 1.82) is 0 Å². The summed E-state index contributed by atoms with van der Waals surface area (Å²) in [6.07, 6.45) is 0. The maximum Gasteiger partial charge on any atom is 0.166 e. The topological polar surface area (TPSA) is 48.5 Å². The highest BCUT2D eigenvalue weighted by atomic mass is 15.1. The van der Waals surface area contributed by atoms with Crippen LogP contribution in [-0.4, -0.2) is 24.1 Å². The van der Waals surface area contributed by atoms with Crippen molar-refractivity contribution in [2.75, 3.05) is 0 Å². The Labute approximate surface area is 311 Å². The SMILES string of the molecule is c1ccc(-c2nc(-c3ccccc3)nc(-c3ccccc3-n3c4ccccc4c4c(-n5c6ccccc6c6ccccc65)c5ccccc5cc43)n2)cc1. The summed E-state index contributed by atoms with van der Waals surface area (Å²) in [5.41, 5.74) is 9.55. The second kappa shape index (κ2) is 12.1. The van der Waals surface area contributed by atoms with E-state index in [0.717, 1.165) is 33.4 Å². The summed E-state index contributed by atoms with van der Waals surface area (Å²) >= 11 is 0. The fourth-order valence-corrected chi connectivity index (χ4v) is 8.21. The highest BCUT2D eigenvalue weighted by Gasteiger charge is 2.24. The molecule has 0 N–H and O–H groups in total. The van der Waals surface area contributed by atoms with Gasteiger partial charge in [-0.25, -0.2) is 15.0 Å². The van der Waals surface area contributed by atoms with E-state index in [-0.39, 0.29) is 0 Å². The van der Waals surface area contributed by atoms with Crippen molar-refractivity contribution >= 4 is 54.4 Å². The van der Waals surface area contributed by atoms with Crippen LogP contribution in [-0.2, 0) is 0 Å². The third kappa shape index (κ3) is 4.62. The van der Waals surface area contributed by atoms with Gasteiger partial charge < -0.3 is 9.13 Å². The molecule has 0 radical (unpaired) electrons. The zero-order chi connectivity index (χ0) is 35.6.